The minimum atomic E-state index is -0.256. The Kier molecular flexibility index (Phi) is 8.79. The Bertz CT molecular complexity index is 1600. The molecule has 4 aromatic heterocycles. The molecule has 0 saturated carbocycles. The number of pyridine rings is 1. The van der Waals surface area contributed by atoms with Gasteiger partial charge in [0.05, 0.1) is 64.6 Å². The van der Waals surface area contributed by atoms with Crippen LogP contribution in [0, 0.1) is 6.92 Å². The van der Waals surface area contributed by atoms with Crippen LogP contribution in [0.2, 0.25) is 0 Å². The van der Waals surface area contributed by atoms with Gasteiger partial charge < -0.3 is 9.84 Å². The van der Waals surface area contributed by atoms with Gasteiger partial charge in [-0.05, 0) is 73.5 Å². The summed E-state index contributed by atoms with van der Waals surface area (Å²) in [4.78, 5) is 20.3. The Hall–Kier alpha value is -2.54. The predicted octanol–water partition coefficient (Wildman–Crippen LogP) is 4.53. The third kappa shape index (κ3) is 5.15. The molecule has 6 rings (SSSR count). The van der Waals surface area contributed by atoms with Crippen molar-refractivity contribution in [2.75, 3.05) is 19.8 Å². The van der Waals surface area contributed by atoms with Gasteiger partial charge in [-0.15, -0.1) is 0 Å². The van der Waals surface area contributed by atoms with E-state index in [0.717, 1.165) is 58.6 Å². The lowest BCUT2D eigenvalue weighted by Crippen LogP contribution is -2.35. The predicted molar refractivity (Wildman–Crippen MR) is 168 cm³/mol. The zero-order valence-electron chi connectivity index (χ0n) is 23.5. The third-order valence-electron chi connectivity index (χ3n) is 7.55. The van der Waals surface area contributed by atoms with E-state index in [-0.39, 0.29) is 24.2 Å². The Morgan fingerprint density at radius 2 is 2.10 bits per heavy atom. The van der Waals surface area contributed by atoms with Crippen molar-refractivity contribution in [2.24, 2.45) is 7.05 Å². The van der Waals surface area contributed by atoms with Crippen LogP contribution in [0.15, 0.2) is 17.1 Å². The van der Waals surface area contributed by atoms with Crippen LogP contribution >= 0.6 is 28.4 Å². The molecule has 0 spiro atoms. The first-order valence-electron chi connectivity index (χ1n) is 13.7. The number of rotatable bonds is 3. The van der Waals surface area contributed by atoms with Crippen molar-refractivity contribution in [1.82, 2.24) is 39.0 Å². The van der Waals surface area contributed by atoms with Crippen molar-refractivity contribution in [3.05, 3.63) is 45.3 Å². The number of nitrogens with zero attached hydrogens (tertiary/aromatic N) is 7. The first kappa shape index (κ1) is 29.0. The molecule has 1 fully saturated rings. The lowest BCUT2D eigenvalue weighted by atomic mass is 10.1. The summed E-state index contributed by atoms with van der Waals surface area (Å²) in [6, 6.07) is 1.97. The van der Waals surface area contributed by atoms with Gasteiger partial charge in [-0.2, -0.15) is 10.2 Å². The van der Waals surface area contributed by atoms with Crippen LogP contribution < -0.4 is 10.3 Å². The quantitative estimate of drug-likeness (QED) is 0.242. The second-order valence-electron chi connectivity index (χ2n) is 9.97. The number of aliphatic hydroxyl groups excluding tert-OH is 1. The van der Waals surface area contributed by atoms with E-state index in [4.69, 9.17) is 14.8 Å². The Morgan fingerprint density at radius 1 is 1.30 bits per heavy atom. The van der Waals surface area contributed by atoms with E-state index in [0.29, 0.717) is 31.0 Å². The van der Waals surface area contributed by atoms with Crippen LogP contribution in [0.4, 0.5) is 0 Å². The summed E-state index contributed by atoms with van der Waals surface area (Å²) in [6.07, 6.45) is 8.08. The highest BCUT2D eigenvalue weighted by molar-refractivity contribution is 14.2. The largest absolute Gasteiger partial charge is 0.476 e. The lowest BCUT2D eigenvalue weighted by Gasteiger charge is -2.26. The van der Waals surface area contributed by atoms with Gasteiger partial charge in [0.15, 0.2) is 0 Å². The summed E-state index contributed by atoms with van der Waals surface area (Å²) in [5.74, 6) is 0.699. The molecule has 13 heteroatoms. The number of nitrogens with one attached hydrogen (secondary N) is 1. The maximum Gasteiger partial charge on any atom is 0.271 e. The summed E-state index contributed by atoms with van der Waals surface area (Å²) in [6.45, 7) is 9.79. The van der Waals surface area contributed by atoms with Crippen LogP contribution in [0.3, 0.4) is 0 Å². The number of halogens is 1. The minimum Gasteiger partial charge on any atom is -0.476 e. The summed E-state index contributed by atoms with van der Waals surface area (Å²) >= 11 is 2.31. The Balaban J connectivity index is 0.00000158. The van der Waals surface area contributed by atoms with E-state index in [9.17, 15) is 9.90 Å². The number of aliphatic hydroxyl groups is 1. The highest BCUT2D eigenvalue weighted by atomic mass is 127. The maximum absolute atomic E-state index is 13.2. The van der Waals surface area contributed by atoms with E-state index >= 15 is 0 Å². The van der Waals surface area contributed by atoms with Crippen LogP contribution in [-0.4, -0.2) is 69.9 Å². The standard InChI is InChI=1S/C25H30IN8O3P.C2H6/c1-14(12-35)33-22-11-32-8-4-5-16(32)13-37-25-23(15(2)28-31(25)3)20-9-18-19(7-6-17(22)24(36)30-33)29-34(38-26)21(18)10-27-20;1-2/h6-7,9-10,14,16,35,38H,4-5,8,11-13H2,1-3H3,(H,30,36);1-2H3/b7-6+;. The molecule has 1 saturated heterocycles. The topological polar surface area (TPSA) is 119 Å². The van der Waals surface area contributed by atoms with E-state index in [1.807, 2.05) is 68.3 Å². The molecule has 2 aliphatic heterocycles. The number of aromatic nitrogens is 7. The smallest absolute Gasteiger partial charge is 0.271 e. The Labute approximate surface area is 247 Å². The van der Waals surface area contributed by atoms with Crippen molar-refractivity contribution in [3.8, 4) is 17.1 Å². The van der Waals surface area contributed by atoms with Crippen LogP contribution in [0.1, 0.15) is 62.3 Å². The highest BCUT2D eigenvalue weighted by Gasteiger charge is 2.30. The number of aromatic amines is 1. The van der Waals surface area contributed by atoms with Crippen molar-refractivity contribution >= 4 is 51.5 Å². The number of hydrogen-bond acceptors (Lipinski definition) is 7. The number of hydrogen-bond donors (Lipinski definition) is 2. The molecular weight excluding hydrogens is 642 g/mol. The lowest BCUT2D eigenvalue weighted by molar-refractivity contribution is 0.154. The fourth-order valence-corrected chi connectivity index (χ4v) is 7.09. The number of aryl methyl sites for hydroxylation is 2. The molecule has 2 bridgehead atoms. The number of ether oxygens (including phenoxy) is 1. The fraction of sp³-hybridized carbons (Fsp3) is 0.481. The molecular formula is C27H36IN8O3P. The van der Waals surface area contributed by atoms with Crippen molar-refractivity contribution in [2.45, 2.75) is 59.2 Å². The first-order valence-corrected chi connectivity index (χ1v) is 17.7. The number of fused-ring (bicyclic) bond motifs is 5. The average Bonchev–Trinajstić information content (AvgIpc) is 3.70. The summed E-state index contributed by atoms with van der Waals surface area (Å²) < 4.78 is 12.0. The third-order valence-corrected chi connectivity index (χ3v) is 9.42. The summed E-state index contributed by atoms with van der Waals surface area (Å²) in [5.41, 5.74) is 5.48. The van der Waals surface area contributed by atoms with Crippen molar-refractivity contribution < 1.29 is 9.84 Å². The molecule has 3 unspecified atom stereocenters. The van der Waals surface area contributed by atoms with Gasteiger partial charge in [-0.1, -0.05) is 13.8 Å². The summed E-state index contributed by atoms with van der Waals surface area (Å²) in [7, 11) is 1.90. The van der Waals surface area contributed by atoms with Crippen LogP contribution in [0.25, 0.3) is 34.3 Å². The first-order chi connectivity index (χ1) is 19.4. The molecule has 214 valence electrons. The van der Waals surface area contributed by atoms with Crippen LogP contribution in [-0.2, 0) is 13.6 Å². The molecule has 40 heavy (non-hydrogen) atoms. The van der Waals surface area contributed by atoms with Gasteiger partial charge in [-0.25, -0.2) is 9.13 Å². The zero-order valence-corrected chi connectivity index (χ0v) is 26.6. The van der Waals surface area contributed by atoms with Gasteiger partial charge >= 0.3 is 0 Å². The van der Waals surface area contributed by atoms with Gasteiger partial charge in [0.2, 0.25) is 5.88 Å². The zero-order chi connectivity index (χ0) is 28.6. The highest BCUT2D eigenvalue weighted by Crippen LogP contribution is 2.37. The van der Waals surface area contributed by atoms with E-state index < -0.39 is 0 Å². The van der Waals surface area contributed by atoms with E-state index in [2.05, 4.69) is 37.1 Å². The van der Waals surface area contributed by atoms with Crippen molar-refractivity contribution in [3.63, 3.8) is 0 Å². The van der Waals surface area contributed by atoms with Gasteiger partial charge in [0.1, 0.15) is 6.61 Å². The maximum atomic E-state index is 13.2. The SMILES string of the molecule is CC.Cc1nn(C)c2c1-c1cc3c(nn(PI)c3cn1)/C=C/c1c(n(C(C)CO)[nH]c1=O)CN1CCCC1CO2. The monoisotopic (exact) mass is 678 g/mol. The molecule has 2 N–H and O–H groups in total. The van der Waals surface area contributed by atoms with Gasteiger partial charge in [0, 0.05) is 25.0 Å². The molecule has 0 amide bonds. The minimum absolute atomic E-state index is 0.0721. The molecule has 3 atom stereocenters. The fourth-order valence-electron chi connectivity index (χ4n) is 5.57. The Morgan fingerprint density at radius 3 is 2.85 bits per heavy atom. The second kappa shape index (κ2) is 12.1. The normalized spacial score (nSPS) is 18.9. The molecule has 2 aliphatic rings. The van der Waals surface area contributed by atoms with Crippen molar-refractivity contribution in [1.29, 1.82) is 0 Å². The summed E-state index contributed by atoms with van der Waals surface area (Å²) in [5, 5.41) is 23.3. The molecule has 0 radical (unpaired) electrons. The van der Waals surface area contributed by atoms with Crippen LogP contribution in [0.5, 0.6) is 5.88 Å². The second-order valence-corrected chi connectivity index (χ2v) is 12.0. The molecule has 6 heterocycles. The number of H-pyrrole nitrogens is 1. The molecule has 4 aromatic rings. The molecule has 0 aliphatic carbocycles. The van der Waals surface area contributed by atoms with Gasteiger partial charge in [0.25, 0.3) is 5.56 Å². The van der Waals surface area contributed by atoms with E-state index in [1.165, 1.54) is 0 Å². The molecule has 11 nitrogen and oxygen atoms in total. The van der Waals surface area contributed by atoms with Gasteiger partial charge in [-0.3, -0.25) is 24.5 Å². The van der Waals surface area contributed by atoms with E-state index in [1.54, 1.807) is 4.68 Å². The average molecular weight is 679 g/mol. The molecule has 0 aromatic carbocycles.